The fourth-order valence-corrected chi connectivity index (χ4v) is 3.95. The van der Waals surface area contributed by atoms with Crippen LogP contribution in [0.25, 0.3) is 11.0 Å². The predicted octanol–water partition coefficient (Wildman–Crippen LogP) is 3.67. The largest absolute Gasteiger partial charge is 0.355 e. The summed E-state index contributed by atoms with van der Waals surface area (Å²) in [5, 5.41) is 5.65. The molecule has 5 heteroatoms. The Bertz CT molecular complexity index is 857. The highest BCUT2D eigenvalue weighted by Gasteiger charge is 2.25. The van der Waals surface area contributed by atoms with E-state index in [4.69, 9.17) is 0 Å². The van der Waals surface area contributed by atoms with Crippen LogP contribution in [0.1, 0.15) is 31.4 Å². The first-order chi connectivity index (χ1) is 12.1. The average Bonchev–Trinajstić information content (AvgIpc) is 2.99. The maximum absolute atomic E-state index is 4.59. The van der Waals surface area contributed by atoms with Crippen LogP contribution in [-0.4, -0.2) is 32.8 Å². The highest BCUT2D eigenvalue weighted by atomic mass is 15.3. The van der Waals surface area contributed by atoms with Crippen molar-refractivity contribution in [2.45, 2.75) is 33.7 Å². The van der Waals surface area contributed by atoms with E-state index in [0.29, 0.717) is 11.8 Å². The summed E-state index contributed by atoms with van der Waals surface area (Å²) in [4.78, 5) is 11.5. The van der Waals surface area contributed by atoms with Gasteiger partial charge in [0.1, 0.15) is 12.1 Å². The number of aromatic nitrogens is 4. The van der Waals surface area contributed by atoms with E-state index in [-0.39, 0.29) is 0 Å². The first kappa shape index (κ1) is 16.1. The van der Waals surface area contributed by atoms with Gasteiger partial charge in [-0.15, -0.1) is 0 Å². The van der Waals surface area contributed by atoms with Crippen molar-refractivity contribution in [3.63, 3.8) is 0 Å². The van der Waals surface area contributed by atoms with E-state index in [9.17, 15) is 0 Å². The number of hydrogen-bond donors (Lipinski definition) is 0. The normalized spacial score (nSPS) is 21.0. The first-order valence-electron chi connectivity index (χ1n) is 9.07. The number of fused-ring (bicyclic) bond motifs is 1. The van der Waals surface area contributed by atoms with Gasteiger partial charge in [0.15, 0.2) is 5.65 Å². The summed E-state index contributed by atoms with van der Waals surface area (Å²) in [7, 11) is 0. The van der Waals surface area contributed by atoms with E-state index >= 15 is 0 Å². The number of aryl methyl sites for hydroxylation is 1. The van der Waals surface area contributed by atoms with Crippen LogP contribution in [0, 0.1) is 18.8 Å². The Morgan fingerprint density at radius 2 is 1.76 bits per heavy atom. The molecule has 0 unspecified atom stereocenters. The van der Waals surface area contributed by atoms with Gasteiger partial charge in [-0.25, -0.2) is 14.6 Å². The van der Waals surface area contributed by atoms with Crippen LogP contribution in [-0.2, 0) is 6.54 Å². The molecule has 130 valence electrons. The van der Waals surface area contributed by atoms with Gasteiger partial charge in [0, 0.05) is 13.1 Å². The zero-order valence-electron chi connectivity index (χ0n) is 15.2. The van der Waals surface area contributed by atoms with E-state index in [1.54, 1.807) is 6.33 Å². The fourth-order valence-electron chi connectivity index (χ4n) is 3.95. The van der Waals surface area contributed by atoms with Crippen LogP contribution in [0.2, 0.25) is 0 Å². The molecule has 0 saturated carbocycles. The van der Waals surface area contributed by atoms with Crippen molar-refractivity contribution in [2.75, 3.05) is 18.0 Å². The van der Waals surface area contributed by atoms with E-state index < -0.39 is 0 Å². The van der Waals surface area contributed by atoms with Crippen molar-refractivity contribution >= 4 is 16.9 Å². The molecule has 0 radical (unpaired) electrons. The predicted molar refractivity (Wildman–Crippen MR) is 101 cm³/mol. The maximum Gasteiger partial charge on any atom is 0.163 e. The van der Waals surface area contributed by atoms with Gasteiger partial charge in [-0.1, -0.05) is 43.7 Å². The summed E-state index contributed by atoms with van der Waals surface area (Å²) in [5.41, 5.74) is 3.42. The fraction of sp³-hybridized carbons (Fsp3) is 0.450. The summed E-state index contributed by atoms with van der Waals surface area (Å²) in [5.74, 6) is 2.41. The molecule has 1 saturated heterocycles. The molecular formula is C20H25N5. The Kier molecular flexibility index (Phi) is 4.15. The minimum atomic E-state index is 0.691. The number of rotatable bonds is 3. The number of piperidine rings is 1. The lowest BCUT2D eigenvalue weighted by Gasteiger charge is -2.35. The quantitative estimate of drug-likeness (QED) is 0.733. The molecule has 1 fully saturated rings. The highest BCUT2D eigenvalue weighted by Crippen LogP contribution is 2.29. The van der Waals surface area contributed by atoms with E-state index in [2.05, 4.69) is 65.0 Å². The molecule has 3 aromatic rings. The lowest BCUT2D eigenvalue weighted by Crippen LogP contribution is -2.39. The zero-order chi connectivity index (χ0) is 17.4. The summed E-state index contributed by atoms with van der Waals surface area (Å²) in [6.45, 7) is 9.59. The molecule has 2 atom stereocenters. The van der Waals surface area contributed by atoms with E-state index in [1.807, 2.05) is 10.9 Å². The zero-order valence-corrected chi connectivity index (χ0v) is 15.2. The van der Waals surface area contributed by atoms with Crippen molar-refractivity contribution in [2.24, 2.45) is 11.8 Å². The van der Waals surface area contributed by atoms with Gasteiger partial charge < -0.3 is 4.90 Å². The van der Waals surface area contributed by atoms with Gasteiger partial charge >= 0.3 is 0 Å². The summed E-state index contributed by atoms with van der Waals surface area (Å²) in [6.07, 6.45) is 4.88. The average molecular weight is 335 g/mol. The Labute approximate surface area is 148 Å². The van der Waals surface area contributed by atoms with Crippen LogP contribution in [0.3, 0.4) is 0 Å². The summed E-state index contributed by atoms with van der Waals surface area (Å²) in [6, 6.07) is 8.58. The molecule has 25 heavy (non-hydrogen) atoms. The monoisotopic (exact) mass is 335 g/mol. The van der Waals surface area contributed by atoms with Gasteiger partial charge in [-0.2, -0.15) is 5.10 Å². The molecule has 0 aliphatic carbocycles. The molecule has 3 heterocycles. The maximum atomic E-state index is 4.59. The lowest BCUT2D eigenvalue weighted by atomic mass is 9.92. The lowest BCUT2D eigenvalue weighted by molar-refractivity contribution is 0.356. The molecule has 0 N–H and O–H groups in total. The molecule has 0 amide bonds. The van der Waals surface area contributed by atoms with Crippen LogP contribution in [0.15, 0.2) is 36.8 Å². The SMILES string of the molecule is Cc1ccc(Cn2ncc3c(N4C[C@H](C)C[C@@H](C)C4)ncnc32)cc1. The van der Waals surface area contributed by atoms with Gasteiger partial charge in [0.2, 0.25) is 0 Å². The summed E-state index contributed by atoms with van der Waals surface area (Å²) >= 11 is 0. The Balaban J connectivity index is 1.67. The second kappa shape index (κ2) is 6.47. The topological polar surface area (TPSA) is 46.8 Å². The number of nitrogens with zero attached hydrogens (tertiary/aromatic N) is 5. The van der Waals surface area contributed by atoms with E-state index in [0.717, 1.165) is 36.5 Å². The molecule has 1 aliphatic heterocycles. The van der Waals surface area contributed by atoms with Crippen LogP contribution >= 0.6 is 0 Å². The smallest absolute Gasteiger partial charge is 0.163 e. The van der Waals surface area contributed by atoms with E-state index in [1.165, 1.54) is 17.5 Å². The third-order valence-corrected chi connectivity index (χ3v) is 5.03. The van der Waals surface area contributed by atoms with Gasteiger partial charge in [0.05, 0.1) is 18.1 Å². The first-order valence-corrected chi connectivity index (χ1v) is 9.07. The van der Waals surface area contributed by atoms with Crippen LogP contribution < -0.4 is 4.90 Å². The molecule has 0 spiro atoms. The molecule has 5 nitrogen and oxygen atoms in total. The molecule has 1 aliphatic rings. The second-order valence-electron chi connectivity index (χ2n) is 7.57. The molecule has 0 bridgehead atoms. The van der Waals surface area contributed by atoms with Crippen molar-refractivity contribution in [1.29, 1.82) is 0 Å². The third kappa shape index (κ3) is 3.23. The minimum Gasteiger partial charge on any atom is -0.355 e. The third-order valence-electron chi connectivity index (χ3n) is 5.03. The number of anilines is 1. The van der Waals surface area contributed by atoms with Gasteiger partial charge in [0.25, 0.3) is 0 Å². The van der Waals surface area contributed by atoms with Crippen molar-refractivity contribution < 1.29 is 0 Å². The highest BCUT2D eigenvalue weighted by molar-refractivity contribution is 5.86. The molecule has 4 rings (SSSR count). The van der Waals surface area contributed by atoms with Crippen LogP contribution in [0.4, 0.5) is 5.82 Å². The Morgan fingerprint density at radius 1 is 1.04 bits per heavy atom. The van der Waals surface area contributed by atoms with Crippen molar-refractivity contribution in [1.82, 2.24) is 19.7 Å². The second-order valence-corrected chi connectivity index (χ2v) is 7.57. The number of hydrogen-bond acceptors (Lipinski definition) is 4. The van der Waals surface area contributed by atoms with Crippen molar-refractivity contribution in [3.8, 4) is 0 Å². The Hall–Kier alpha value is -2.43. The van der Waals surface area contributed by atoms with Gasteiger partial charge in [-0.05, 0) is 30.7 Å². The minimum absolute atomic E-state index is 0.691. The number of benzene rings is 1. The Morgan fingerprint density at radius 3 is 2.48 bits per heavy atom. The molecule has 2 aromatic heterocycles. The standard InChI is InChI=1S/C20H25N5/c1-14-4-6-17(7-5-14)12-25-20-18(9-23-25)19(21-13-22-20)24-10-15(2)8-16(3)11-24/h4-7,9,13,15-16H,8,10-12H2,1-3H3/t15-,16-/m1/s1. The van der Waals surface area contributed by atoms with Crippen molar-refractivity contribution in [3.05, 3.63) is 47.9 Å². The molecular weight excluding hydrogens is 310 g/mol. The molecule has 1 aromatic carbocycles. The summed E-state index contributed by atoms with van der Waals surface area (Å²) < 4.78 is 1.97. The van der Waals surface area contributed by atoms with Crippen LogP contribution in [0.5, 0.6) is 0 Å². The van der Waals surface area contributed by atoms with Gasteiger partial charge in [-0.3, -0.25) is 0 Å².